The average molecular weight is 305 g/mol. The average Bonchev–Trinajstić information content (AvgIpc) is 2.85. The number of carbonyl (C=O) groups excluding carboxylic acids is 2. The predicted molar refractivity (Wildman–Crippen MR) is 84.7 cm³/mol. The number of hydrogen-bond acceptors (Lipinski definition) is 3. The summed E-state index contributed by atoms with van der Waals surface area (Å²) in [5.74, 6) is 0.00903. The van der Waals surface area contributed by atoms with Crippen molar-refractivity contribution in [3.05, 3.63) is 30.3 Å². The highest BCUT2D eigenvalue weighted by atomic mass is 16.3. The van der Waals surface area contributed by atoms with E-state index in [-0.39, 0.29) is 37.2 Å². The van der Waals surface area contributed by atoms with Crippen molar-refractivity contribution in [1.82, 2.24) is 10.2 Å². The summed E-state index contributed by atoms with van der Waals surface area (Å²) in [4.78, 5) is 27.6. The van der Waals surface area contributed by atoms with Gasteiger partial charge in [0.1, 0.15) is 0 Å². The van der Waals surface area contributed by atoms with Crippen LogP contribution in [0.1, 0.15) is 20.3 Å². The number of urea groups is 1. The van der Waals surface area contributed by atoms with Gasteiger partial charge >= 0.3 is 6.03 Å². The van der Waals surface area contributed by atoms with Gasteiger partial charge in [0.05, 0.1) is 12.6 Å². The van der Waals surface area contributed by atoms with Crippen LogP contribution < -0.4 is 10.2 Å². The molecular weight excluding hydrogens is 282 g/mol. The molecule has 2 N–H and O–H groups in total. The van der Waals surface area contributed by atoms with Crippen LogP contribution in [0.3, 0.4) is 0 Å². The molecule has 1 saturated heterocycles. The molecule has 1 heterocycles. The van der Waals surface area contributed by atoms with Gasteiger partial charge in [-0.1, -0.05) is 18.2 Å². The highest BCUT2D eigenvalue weighted by molar-refractivity contribution is 5.96. The molecule has 0 unspecified atom stereocenters. The van der Waals surface area contributed by atoms with E-state index in [1.54, 1.807) is 9.80 Å². The Kier molecular flexibility index (Phi) is 5.38. The molecule has 1 atom stereocenters. The van der Waals surface area contributed by atoms with Crippen LogP contribution in [-0.4, -0.2) is 53.7 Å². The summed E-state index contributed by atoms with van der Waals surface area (Å²) in [6.07, 6.45) is 0.297. The Morgan fingerprint density at radius 3 is 2.68 bits per heavy atom. The molecule has 0 aliphatic carbocycles. The third kappa shape index (κ3) is 3.76. The minimum Gasteiger partial charge on any atom is -0.395 e. The number of anilines is 1. The number of aliphatic hydroxyl groups excluding tert-OH is 1. The summed E-state index contributed by atoms with van der Waals surface area (Å²) in [7, 11) is 0. The number of aliphatic hydroxyl groups is 1. The molecule has 0 radical (unpaired) electrons. The van der Waals surface area contributed by atoms with E-state index in [0.717, 1.165) is 5.69 Å². The fourth-order valence-corrected chi connectivity index (χ4v) is 2.62. The lowest BCUT2D eigenvalue weighted by Crippen LogP contribution is -2.49. The Morgan fingerprint density at radius 2 is 2.09 bits per heavy atom. The first-order chi connectivity index (χ1) is 10.5. The van der Waals surface area contributed by atoms with Gasteiger partial charge in [-0.3, -0.25) is 4.79 Å². The molecule has 0 aromatic heterocycles. The van der Waals surface area contributed by atoms with Crippen molar-refractivity contribution in [2.45, 2.75) is 32.4 Å². The molecule has 1 fully saturated rings. The molecule has 2 rings (SSSR count). The number of amides is 3. The van der Waals surface area contributed by atoms with Crippen molar-refractivity contribution < 1.29 is 14.7 Å². The van der Waals surface area contributed by atoms with Gasteiger partial charge in [-0.05, 0) is 26.0 Å². The Morgan fingerprint density at radius 1 is 1.41 bits per heavy atom. The number of para-hydroxylation sites is 1. The number of carbonyl (C=O) groups is 2. The van der Waals surface area contributed by atoms with Crippen LogP contribution >= 0.6 is 0 Å². The quantitative estimate of drug-likeness (QED) is 0.858. The third-order valence-electron chi connectivity index (χ3n) is 3.75. The summed E-state index contributed by atoms with van der Waals surface area (Å²) in [5.41, 5.74) is 0.848. The second-order valence-corrected chi connectivity index (χ2v) is 5.70. The van der Waals surface area contributed by atoms with Crippen LogP contribution in [0.2, 0.25) is 0 Å². The van der Waals surface area contributed by atoms with E-state index >= 15 is 0 Å². The van der Waals surface area contributed by atoms with Crippen molar-refractivity contribution in [3.63, 3.8) is 0 Å². The van der Waals surface area contributed by atoms with Crippen molar-refractivity contribution in [1.29, 1.82) is 0 Å². The van der Waals surface area contributed by atoms with Crippen molar-refractivity contribution in [2.75, 3.05) is 24.6 Å². The Bertz CT molecular complexity index is 519. The van der Waals surface area contributed by atoms with Crippen LogP contribution in [0.5, 0.6) is 0 Å². The van der Waals surface area contributed by atoms with Gasteiger partial charge in [-0.15, -0.1) is 0 Å². The molecule has 6 heteroatoms. The van der Waals surface area contributed by atoms with Crippen molar-refractivity contribution >= 4 is 17.6 Å². The van der Waals surface area contributed by atoms with E-state index in [0.29, 0.717) is 13.0 Å². The molecule has 120 valence electrons. The zero-order valence-electron chi connectivity index (χ0n) is 13.0. The lowest BCUT2D eigenvalue weighted by Gasteiger charge is -2.27. The van der Waals surface area contributed by atoms with Crippen LogP contribution in [0.15, 0.2) is 30.3 Å². The van der Waals surface area contributed by atoms with Gasteiger partial charge in [-0.2, -0.15) is 0 Å². The first kappa shape index (κ1) is 16.3. The molecule has 1 aliphatic heterocycles. The highest BCUT2D eigenvalue weighted by Gasteiger charge is 2.32. The van der Waals surface area contributed by atoms with E-state index < -0.39 is 0 Å². The van der Waals surface area contributed by atoms with Gasteiger partial charge in [0.15, 0.2) is 0 Å². The summed E-state index contributed by atoms with van der Waals surface area (Å²) in [5, 5.41) is 11.9. The minimum absolute atomic E-state index is 0.00511. The topological polar surface area (TPSA) is 72.9 Å². The largest absolute Gasteiger partial charge is 0.395 e. The molecule has 0 bridgehead atoms. The molecule has 6 nitrogen and oxygen atoms in total. The number of rotatable bonds is 5. The van der Waals surface area contributed by atoms with E-state index in [2.05, 4.69) is 5.32 Å². The first-order valence-electron chi connectivity index (χ1n) is 7.56. The number of benzene rings is 1. The number of nitrogens with zero attached hydrogens (tertiary/aromatic N) is 2. The second-order valence-electron chi connectivity index (χ2n) is 5.70. The SMILES string of the molecule is CC(C)N(CCO)C(=O)N[C@H]1CC(=O)N(c2ccccc2)C1. The smallest absolute Gasteiger partial charge is 0.318 e. The fraction of sp³-hybridized carbons (Fsp3) is 0.500. The lowest BCUT2D eigenvalue weighted by atomic mass is 10.2. The van der Waals surface area contributed by atoms with E-state index in [9.17, 15) is 9.59 Å². The molecule has 1 aromatic rings. The molecule has 22 heavy (non-hydrogen) atoms. The van der Waals surface area contributed by atoms with E-state index in [4.69, 9.17) is 5.11 Å². The standard InChI is InChI=1S/C16H23N3O3/c1-12(2)18(8-9-20)16(22)17-13-10-15(21)19(11-13)14-6-4-3-5-7-14/h3-7,12-13,20H,8-11H2,1-2H3,(H,17,22)/t13-/m0/s1. The summed E-state index contributed by atoms with van der Waals surface area (Å²) >= 11 is 0. The van der Waals surface area contributed by atoms with Crippen LogP contribution in [0, 0.1) is 0 Å². The molecule has 0 saturated carbocycles. The molecule has 3 amide bonds. The van der Waals surface area contributed by atoms with Gasteiger partial charge < -0.3 is 20.2 Å². The third-order valence-corrected chi connectivity index (χ3v) is 3.75. The maximum atomic E-state index is 12.3. The van der Waals surface area contributed by atoms with Crippen LogP contribution in [-0.2, 0) is 4.79 Å². The van der Waals surface area contributed by atoms with E-state index in [1.165, 1.54) is 0 Å². The Labute approximate surface area is 130 Å². The summed E-state index contributed by atoms with van der Waals surface area (Å²) in [6, 6.07) is 8.99. The maximum absolute atomic E-state index is 12.3. The fourth-order valence-electron chi connectivity index (χ4n) is 2.62. The predicted octanol–water partition coefficient (Wildman–Crippen LogP) is 1.20. The Hall–Kier alpha value is -2.08. The van der Waals surface area contributed by atoms with Crippen LogP contribution in [0.25, 0.3) is 0 Å². The first-order valence-corrected chi connectivity index (χ1v) is 7.56. The molecular formula is C16H23N3O3. The zero-order chi connectivity index (χ0) is 16.1. The van der Waals surface area contributed by atoms with Gasteiger partial charge in [-0.25, -0.2) is 4.79 Å². The Balaban J connectivity index is 1.98. The van der Waals surface area contributed by atoms with Gasteiger partial charge in [0.2, 0.25) is 5.91 Å². The summed E-state index contributed by atoms with van der Waals surface area (Å²) in [6.45, 7) is 4.47. The molecule has 0 spiro atoms. The minimum atomic E-state index is -0.239. The maximum Gasteiger partial charge on any atom is 0.318 e. The van der Waals surface area contributed by atoms with Crippen molar-refractivity contribution in [3.8, 4) is 0 Å². The number of hydrogen-bond donors (Lipinski definition) is 2. The monoisotopic (exact) mass is 305 g/mol. The number of nitrogens with one attached hydrogen (secondary N) is 1. The normalized spacial score (nSPS) is 17.9. The highest BCUT2D eigenvalue weighted by Crippen LogP contribution is 2.21. The van der Waals surface area contributed by atoms with Crippen LogP contribution in [0.4, 0.5) is 10.5 Å². The second kappa shape index (κ2) is 7.26. The van der Waals surface area contributed by atoms with Gasteiger partial charge in [0.25, 0.3) is 0 Å². The molecule has 1 aromatic carbocycles. The zero-order valence-corrected chi connectivity index (χ0v) is 13.0. The van der Waals surface area contributed by atoms with Gasteiger partial charge in [0, 0.05) is 31.2 Å². The summed E-state index contributed by atoms with van der Waals surface area (Å²) < 4.78 is 0. The molecule has 1 aliphatic rings. The van der Waals surface area contributed by atoms with Crippen molar-refractivity contribution in [2.24, 2.45) is 0 Å². The van der Waals surface area contributed by atoms with E-state index in [1.807, 2.05) is 44.2 Å². The lowest BCUT2D eigenvalue weighted by molar-refractivity contribution is -0.117.